The second-order valence-electron chi connectivity index (χ2n) is 3.91. The van der Waals surface area contributed by atoms with E-state index in [1.807, 2.05) is 6.07 Å². The maximum Gasteiger partial charge on any atom is 0.139 e. The molecule has 0 unspecified atom stereocenters. The van der Waals surface area contributed by atoms with E-state index in [1.54, 1.807) is 30.3 Å². The van der Waals surface area contributed by atoms with Crippen molar-refractivity contribution in [2.45, 2.75) is 6.54 Å². The van der Waals surface area contributed by atoms with Gasteiger partial charge in [0, 0.05) is 22.3 Å². The summed E-state index contributed by atoms with van der Waals surface area (Å²) in [5, 5.41) is 22.1. The predicted octanol–water partition coefficient (Wildman–Crippen LogP) is 4.29. The first-order valence-corrected chi connectivity index (χ1v) is 6.69. The lowest BCUT2D eigenvalue weighted by atomic mass is 10.2. The lowest BCUT2D eigenvalue weighted by Crippen LogP contribution is -2.00. The number of benzene rings is 2. The highest BCUT2D eigenvalue weighted by molar-refractivity contribution is 9.10. The number of hydrogen-bond donors (Lipinski definition) is 2. The van der Waals surface area contributed by atoms with Gasteiger partial charge in [0.2, 0.25) is 0 Å². The number of phenols is 1. The third kappa shape index (κ3) is 3.19. The van der Waals surface area contributed by atoms with Gasteiger partial charge in [-0.2, -0.15) is 5.26 Å². The maximum absolute atomic E-state index is 9.80. The van der Waals surface area contributed by atoms with Crippen LogP contribution >= 0.6 is 27.5 Å². The highest BCUT2D eigenvalue weighted by Crippen LogP contribution is 2.29. The molecule has 96 valence electrons. The predicted molar refractivity (Wildman–Crippen MR) is 79.3 cm³/mol. The largest absolute Gasteiger partial charge is 0.506 e. The Kier molecular flexibility index (Phi) is 4.31. The minimum absolute atomic E-state index is 0.0847. The van der Waals surface area contributed by atoms with Crippen LogP contribution in [0.2, 0.25) is 5.02 Å². The molecule has 19 heavy (non-hydrogen) atoms. The van der Waals surface area contributed by atoms with E-state index in [4.69, 9.17) is 16.9 Å². The van der Waals surface area contributed by atoms with Crippen LogP contribution in [0, 0.1) is 11.3 Å². The standard InChI is InChI=1S/C14H10BrClN2O/c15-11-6-9(7-17)4-5-13(11)18-8-10-2-1-3-12(16)14(10)19/h1-6,18-19H,8H2. The number of rotatable bonds is 3. The zero-order valence-electron chi connectivity index (χ0n) is 9.82. The third-order valence-electron chi connectivity index (χ3n) is 2.64. The molecule has 0 aliphatic carbocycles. The van der Waals surface area contributed by atoms with Gasteiger partial charge in [0.25, 0.3) is 0 Å². The molecule has 0 spiro atoms. The molecule has 2 N–H and O–H groups in total. The van der Waals surface area contributed by atoms with Gasteiger partial charge in [-0.25, -0.2) is 0 Å². The van der Waals surface area contributed by atoms with Gasteiger partial charge in [-0.3, -0.25) is 0 Å². The molecule has 0 radical (unpaired) electrons. The number of para-hydroxylation sites is 1. The van der Waals surface area contributed by atoms with Crippen LogP contribution in [-0.4, -0.2) is 5.11 Å². The van der Waals surface area contributed by atoms with E-state index in [-0.39, 0.29) is 5.75 Å². The number of aromatic hydroxyl groups is 1. The molecule has 0 aliphatic rings. The molecule has 0 aromatic heterocycles. The summed E-state index contributed by atoms with van der Waals surface area (Å²) in [6, 6.07) is 12.6. The van der Waals surface area contributed by atoms with Gasteiger partial charge in [0.15, 0.2) is 0 Å². The molecular formula is C14H10BrClN2O. The van der Waals surface area contributed by atoms with Crippen LogP contribution in [0.3, 0.4) is 0 Å². The van der Waals surface area contributed by atoms with Crippen LogP contribution in [0.5, 0.6) is 5.75 Å². The van der Waals surface area contributed by atoms with Crippen LogP contribution in [0.4, 0.5) is 5.69 Å². The third-order valence-corrected chi connectivity index (χ3v) is 3.60. The number of halogens is 2. The SMILES string of the molecule is N#Cc1ccc(NCc2cccc(Cl)c2O)c(Br)c1. The van der Waals surface area contributed by atoms with Crippen molar-refractivity contribution in [3.8, 4) is 11.8 Å². The Labute approximate surface area is 124 Å². The van der Waals surface area contributed by atoms with E-state index in [1.165, 1.54) is 0 Å². The van der Waals surface area contributed by atoms with Gasteiger partial charge < -0.3 is 10.4 Å². The Morgan fingerprint density at radius 1 is 1.32 bits per heavy atom. The number of nitriles is 1. The van der Waals surface area contributed by atoms with Crippen molar-refractivity contribution in [2.75, 3.05) is 5.32 Å². The Bertz CT molecular complexity index is 652. The van der Waals surface area contributed by atoms with Crippen molar-refractivity contribution in [1.82, 2.24) is 0 Å². The van der Waals surface area contributed by atoms with Gasteiger partial charge in [0.05, 0.1) is 16.7 Å². The van der Waals surface area contributed by atoms with E-state index in [2.05, 4.69) is 27.3 Å². The van der Waals surface area contributed by atoms with Gasteiger partial charge in [0.1, 0.15) is 5.75 Å². The topological polar surface area (TPSA) is 56.0 Å². The highest BCUT2D eigenvalue weighted by atomic mass is 79.9. The number of anilines is 1. The monoisotopic (exact) mass is 336 g/mol. The Morgan fingerprint density at radius 3 is 2.79 bits per heavy atom. The quantitative estimate of drug-likeness (QED) is 0.878. The molecule has 0 atom stereocenters. The highest BCUT2D eigenvalue weighted by Gasteiger charge is 2.06. The zero-order valence-corrected chi connectivity index (χ0v) is 12.2. The second kappa shape index (κ2) is 5.96. The Balaban J connectivity index is 2.15. The molecule has 2 aromatic rings. The smallest absolute Gasteiger partial charge is 0.139 e. The summed E-state index contributed by atoms with van der Waals surface area (Å²) in [6.45, 7) is 0.441. The van der Waals surface area contributed by atoms with Gasteiger partial charge >= 0.3 is 0 Å². The Hall–Kier alpha value is -1.70. The van der Waals surface area contributed by atoms with Gasteiger partial charge in [-0.15, -0.1) is 0 Å². The first kappa shape index (κ1) is 13.7. The zero-order chi connectivity index (χ0) is 13.8. The van der Waals surface area contributed by atoms with Gasteiger partial charge in [-0.1, -0.05) is 23.7 Å². The molecule has 0 fully saturated rings. The fourth-order valence-corrected chi connectivity index (χ4v) is 2.33. The molecule has 0 amide bonds. The average molecular weight is 338 g/mol. The summed E-state index contributed by atoms with van der Waals surface area (Å²) in [7, 11) is 0. The fourth-order valence-electron chi connectivity index (χ4n) is 1.62. The number of phenolic OH excluding ortho intramolecular Hbond substituents is 1. The van der Waals surface area contributed by atoms with E-state index >= 15 is 0 Å². The summed E-state index contributed by atoms with van der Waals surface area (Å²) in [4.78, 5) is 0. The fraction of sp³-hybridized carbons (Fsp3) is 0.0714. The van der Waals surface area contributed by atoms with Crippen molar-refractivity contribution in [1.29, 1.82) is 5.26 Å². The number of nitrogens with one attached hydrogen (secondary N) is 1. The molecule has 0 saturated heterocycles. The van der Waals surface area contributed by atoms with Crippen molar-refractivity contribution >= 4 is 33.2 Å². The number of nitrogens with zero attached hydrogens (tertiary/aromatic N) is 1. The minimum Gasteiger partial charge on any atom is -0.506 e. The summed E-state index contributed by atoms with van der Waals surface area (Å²) >= 11 is 9.24. The van der Waals surface area contributed by atoms with Crippen molar-refractivity contribution < 1.29 is 5.11 Å². The molecule has 5 heteroatoms. The normalized spacial score (nSPS) is 9.95. The van der Waals surface area contributed by atoms with Crippen molar-refractivity contribution in [2.24, 2.45) is 0 Å². The summed E-state index contributed by atoms with van der Waals surface area (Å²) in [5.41, 5.74) is 2.14. The van der Waals surface area contributed by atoms with Crippen LogP contribution < -0.4 is 5.32 Å². The van der Waals surface area contributed by atoms with E-state index in [0.29, 0.717) is 22.7 Å². The molecular weight excluding hydrogens is 328 g/mol. The van der Waals surface area contributed by atoms with Crippen LogP contribution in [0.1, 0.15) is 11.1 Å². The van der Waals surface area contributed by atoms with Gasteiger partial charge in [-0.05, 0) is 40.2 Å². The Morgan fingerprint density at radius 2 is 2.11 bits per heavy atom. The van der Waals surface area contributed by atoms with Crippen molar-refractivity contribution in [3.05, 3.63) is 57.0 Å². The van der Waals surface area contributed by atoms with E-state index in [0.717, 1.165) is 10.2 Å². The molecule has 2 aromatic carbocycles. The van der Waals surface area contributed by atoms with E-state index in [9.17, 15) is 5.11 Å². The summed E-state index contributed by atoms with van der Waals surface area (Å²) in [6.07, 6.45) is 0. The average Bonchev–Trinajstić information content (AvgIpc) is 2.41. The molecule has 0 bridgehead atoms. The van der Waals surface area contributed by atoms with Crippen LogP contribution in [0.25, 0.3) is 0 Å². The maximum atomic E-state index is 9.80. The molecule has 2 rings (SSSR count). The first-order valence-electron chi connectivity index (χ1n) is 5.51. The lowest BCUT2D eigenvalue weighted by Gasteiger charge is -2.10. The summed E-state index contributed by atoms with van der Waals surface area (Å²) < 4.78 is 0.799. The van der Waals surface area contributed by atoms with Crippen LogP contribution in [0.15, 0.2) is 40.9 Å². The number of hydrogen-bond acceptors (Lipinski definition) is 3. The minimum atomic E-state index is 0.0847. The first-order chi connectivity index (χ1) is 9.11. The molecule has 0 aliphatic heterocycles. The summed E-state index contributed by atoms with van der Waals surface area (Å²) in [5.74, 6) is 0.0847. The van der Waals surface area contributed by atoms with Crippen LogP contribution in [-0.2, 0) is 6.54 Å². The second-order valence-corrected chi connectivity index (χ2v) is 5.17. The van der Waals surface area contributed by atoms with Crippen molar-refractivity contribution in [3.63, 3.8) is 0 Å². The molecule has 3 nitrogen and oxygen atoms in total. The molecule has 0 saturated carbocycles. The lowest BCUT2D eigenvalue weighted by molar-refractivity contribution is 0.469. The molecule has 0 heterocycles. The van der Waals surface area contributed by atoms with E-state index < -0.39 is 0 Å².